The number of carbonyl (C=O) groups is 3. The Hall–Kier alpha value is -3.47. The number of aromatic nitrogens is 4. The van der Waals surface area contributed by atoms with Gasteiger partial charge in [-0.1, -0.05) is 36.4 Å². The highest BCUT2D eigenvalue weighted by molar-refractivity contribution is 8.00. The lowest BCUT2D eigenvalue weighted by Gasteiger charge is -2.49. The SMILES string of the molecule is Cn1nnc(C=CC2=C(C(=O)O)N3C(=O)[C@@H](NC(=O)Cc4ccccc4)[C@@H]3SC2)n1. The van der Waals surface area contributed by atoms with E-state index in [2.05, 4.69) is 20.7 Å². The molecule has 2 aliphatic heterocycles. The fourth-order valence-electron chi connectivity index (χ4n) is 3.32. The summed E-state index contributed by atoms with van der Waals surface area (Å²) in [5.41, 5.74) is 1.22. The Labute approximate surface area is 175 Å². The number of amides is 2. The van der Waals surface area contributed by atoms with E-state index in [1.807, 2.05) is 30.3 Å². The van der Waals surface area contributed by atoms with Gasteiger partial charge in [-0.2, -0.15) is 4.80 Å². The number of allylic oxidation sites excluding steroid dienone is 1. The molecule has 2 aromatic rings. The fraction of sp³-hybridized carbons (Fsp3) is 0.263. The average molecular weight is 426 g/mol. The summed E-state index contributed by atoms with van der Waals surface area (Å²) in [5, 5.41) is 23.5. The van der Waals surface area contributed by atoms with Crippen LogP contribution in [0.15, 0.2) is 47.7 Å². The van der Waals surface area contributed by atoms with Crippen LogP contribution < -0.4 is 5.32 Å². The number of carboxylic acids is 1. The molecule has 10 nitrogen and oxygen atoms in total. The molecule has 4 rings (SSSR count). The number of aliphatic carboxylic acids is 1. The topological polar surface area (TPSA) is 130 Å². The highest BCUT2D eigenvalue weighted by Gasteiger charge is 2.53. The van der Waals surface area contributed by atoms with Gasteiger partial charge in [0.15, 0.2) is 5.82 Å². The maximum absolute atomic E-state index is 12.7. The van der Waals surface area contributed by atoms with Crippen LogP contribution in [0.4, 0.5) is 0 Å². The third kappa shape index (κ3) is 3.83. The molecule has 2 amide bonds. The first-order chi connectivity index (χ1) is 14.4. The lowest BCUT2D eigenvalue weighted by Crippen LogP contribution is -2.70. The molecule has 3 heterocycles. The van der Waals surface area contributed by atoms with Crippen LogP contribution in [0.5, 0.6) is 0 Å². The summed E-state index contributed by atoms with van der Waals surface area (Å²) in [5.74, 6) is -1.20. The number of thioether (sulfide) groups is 1. The van der Waals surface area contributed by atoms with Gasteiger partial charge in [-0.05, 0) is 22.4 Å². The lowest BCUT2D eigenvalue weighted by molar-refractivity contribution is -0.150. The number of benzene rings is 1. The zero-order chi connectivity index (χ0) is 21.3. The predicted octanol–water partition coefficient (Wildman–Crippen LogP) is 0.205. The number of carboxylic acid groups (broad SMARTS) is 1. The van der Waals surface area contributed by atoms with Crippen molar-refractivity contribution in [2.45, 2.75) is 17.8 Å². The van der Waals surface area contributed by atoms with Crippen LogP contribution in [0, 0.1) is 0 Å². The van der Waals surface area contributed by atoms with Gasteiger partial charge >= 0.3 is 5.97 Å². The van der Waals surface area contributed by atoms with E-state index >= 15 is 0 Å². The molecule has 154 valence electrons. The van der Waals surface area contributed by atoms with Crippen molar-refractivity contribution in [3.8, 4) is 0 Å². The number of nitrogens with zero attached hydrogens (tertiary/aromatic N) is 5. The van der Waals surface area contributed by atoms with E-state index in [1.165, 1.54) is 21.5 Å². The van der Waals surface area contributed by atoms with Gasteiger partial charge in [0, 0.05) is 5.75 Å². The molecule has 1 aromatic heterocycles. The molecule has 1 aromatic carbocycles. The molecule has 0 unspecified atom stereocenters. The van der Waals surface area contributed by atoms with E-state index in [0.717, 1.165) is 5.56 Å². The van der Waals surface area contributed by atoms with Crippen molar-refractivity contribution >= 4 is 35.6 Å². The van der Waals surface area contributed by atoms with Crippen LogP contribution >= 0.6 is 11.8 Å². The number of hydrogen-bond acceptors (Lipinski definition) is 7. The third-order valence-corrected chi connectivity index (χ3v) is 5.98. The van der Waals surface area contributed by atoms with Crippen molar-refractivity contribution in [2.24, 2.45) is 7.05 Å². The predicted molar refractivity (Wildman–Crippen MR) is 108 cm³/mol. The lowest BCUT2D eigenvalue weighted by atomic mass is 10.0. The van der Waals surface area contributed by atoms with Crippen molar-refractivity contribution in [3.05, 3.63) is 59.1 Å². The summed E-state index contributed by atoms with van der Waals surface area (Å²) >= 11 is 1.40. The summed E-state index contributed by atoms with van der Waals surface area (Å²) in [6.07, 6.45) is 3.29. The maximum Gasteiger partial charge on any atom is 0.352 e. The van der Waals surface area contributed by atoms with E-state index in [1.54, 1.807) is 19.2 Å². The number of hydrogen-bond donors (Lipinski definition) is 2. The number of rotatable bonds is 6. The van der Waals surface area contributed by atoms with Crippen LogP contribution in [0.1, 0.15) is 11.4 Å². The van der Waals surface area contributed by atoms with Crippen LogP contribution in [-0.2, 0) is 27.9 Å². The second-order valence-corrected chi connectivity index (χ2v) is 7.87. The Morgan fingerprint density at radius 1 is 1.30 bits per heavy atom. The van der Waals surface area contributed by atoms with Crippen LogP contribution in [0.2, 0.25) is 0 Å². The van der Waals surface area contributed by atoms with Crippen LogP contribution in [0.25, 0.3) is 6.08 Å². The standard InChI is InChI=1S/C19H18N6O4S/c1-24-22-13(21-23-24)8-7-12-10-30-18-15(17(27)25(18)16(12)19(28)29)20-14(26)9-11-5-3-2-4-6-11/h2-8,15,18H,9-10H2,1H3,(H,20,26)(H,28,29)/t15-,18+/m1/s1. The van der Waals surface area contributed by atoms with Crippen molar-refractivity contribution in [1.82, 2.24) is 30.4 Å². The third-order valence-electron chi connectivity index (χ3n) is 4.68. The Morgan fingerprint density at radius 2 is 2.07 bits per heavy atom. The minimum Gasteiger partial charge on any atom is -0.477 e. The molecule has 2 atom stereocenters. The highest BCUT2D eigenvalue weighted by atomic mass is 32.2. The summed E-state index contributed by atoms with van der Waals surface area (Å²) in [6.45, 7) is 0. The summed E-state index contributed by atoms with van der Waals surface area (Å²) in [4.78, 5) is 39.4. The minimum atomic E-state index is -1.20. The molecule has 0 radical (unpaired) electrons. The smallest absolute Gasteiger partial charge is 0.352 e. The first-order valence-electron chi connectivity index (χ1n) is 9.10. The van der Waals surface area contributed by atoms with E-state index in [4.69, 9.17) is 0 Å². The summed E-state index contributed by atoms with van der Waals surface area (Å²) in [6, 6.07) is 8.46. The largest absolute Gasteiger partial charge is 0.477 e. The molecule has 1 fully saturated rings. The van der Waals surface area contributed by atoms with Crippen molar-refractivity contribution in [1.29, 1.82) is 0 Å². The van der Waals surface area contributed by atoms with E-state index in [-0.39, 0.29) is 18.0 Å². The van der Waals surface area contributed by atoms with Gasteiger partial charge in [0.05, 0.1) is 13.5 Å². The molecular weight excluding hydrogens is 408 g/mol. The average Bonchev–Trinajstić information content (AvgIpc) is 3.15. The number of β-lactam (4-membered cyclic amide) rings is 1. The first-order valence-corrected chi connectivity index (χ1v) is 10.2. The molecule has 1 saturated heterocycles. The second-order valence-electron chi connectivity index (χ2n) is 6.77. The molecule has 2 N–H and O–H groups in total. The number of fused-ring (bicyclic) bond motifs is 1. The van der Waals surface area contributed by atoms with Crippen molar-refractivity contribution in [2.75, 3.05) is 5.75 Å². The van der Waals surface area contributed by atoms with Gasteiger partial charge in [-0.3, -0.25) is 14.5 Å². The summed E-state index contributed by atoms with van der Waals surface area (Å²) < 4.78 is 0. The van der Waals surface area contributed by atoms with E-state index in [0.29, 0.717) is 17.2 Å². The van der Waals surface area contributed by atoms with Crippen LogP contribution in [0.3, 0.4) is 0 Å². The molecule has 2 aliphatic rings. The Balaban J connectivity index is 1.48. The normalized spacial score (nSPS) is 20.8. The van der Waals surface area contributed by atoms with Crippen LogP contribution in [-0.4, -0.2) is 65.2 Å². The monoisotopic (exact) mass is 426 g/mol. The molecule has 0 saturated carbocycles. The highest BCUT2D eigenvalue weighted by Crippen LogP contribution is 2.40. The Kier molecular flexibility index (Phi) is 5.36. The molecule has 0 spiro atoms. The fourth-order valence-corrected chi connectivity index (χ4v) is 4.64. The first kappa shape index (κ1) is 19.8. The van der Waals surface area contributed by atoms with Gasteiger partial charge in [-0.15, -0.1) is 22.0 Å². The number of tetrazole rings is 1. The Bertz CT molecular complexity index is 1060. The number of carbonyl (C=O) groups excluding carboxylic acids is 2. The van der Waals surface area contributed by atoms with Crippen molar-refractivity contribution in [3.63, 3.8) is 0 Å². The van der Waals surface area contributed by atoms with Gasteiger partial charge in [0.2, 0.25) is 5.91 Å². The zero-order valence-corrected chi connectivity index (χ0v) is 16.7. The molecular formula is C19H18N6O4S. The molecule has 30 heavy (non-hydrogen) atoms. The Morgan fingerprint density at radius 3 is 2.73 bits per heavy atom. The molecule has 0 aliphatic carbocycles. The van der Waals surface area contributed by atoms with E-state index in [9.17, 15) is 19.5 Å². The number of aryl methyl sites for hydroxylation is 1. The van der Waals surface area contributed by atoms with Gasteiger partial charge < -0.3 is 10.4 Å². The zero-order valence-electron chi connectivity index (χ0n) is 15.9. The quantitative estimate of drug-likeness (QED) is 0.627. The van der Waals surface area contributed by atoms with Gasteiger partial charge in [0.25, 0.3) is 5.91 Å². The maximum atomic E-state index is 12.7. The van der Waals surface area contributed by atoms with Gasteiger partial charge in [0.1, 0.15) is 17.1 Å². The van der Waals surface area contributed by atoms with Gasteiger partial charge in [-0.25, -0.2) is 4.79 Å². The molecule has 0 bridgehead atoms. The summed E-state index contributed by atoms with van der Waals surface area (Å²) in [7, 11) is 1.62. The second kappa shape index (κ2) is 8.11. The van der Waals surface area contributed by atoms with E-state index < -0.39 is 23.3 Å². The van der Waals surface area contributed by atoms with Crippen molar-refractivity contribution < 1.29 is 19.5 Å². The number of nitrogens with one attached hydrogen (secondary N) is 1. The molecule has 11 heteroatoms. The minimum absolute atomic E-state index is 0.0857.